The molecule has 0 aliphatic carbocycles. The fraction of sp³-hybridized carbons (Fsp3) is 0. The van der Waals surface area contributed by atoms with Gasteiger partial charge in [0.15, 0.2) is 0 Å². The van der Waals surface area contributed by atoms with Crippen LogP contribution in [0.3, 0.4) is 0 Å². The van der Waals surface area contributed by atoms with Gasteiger partial charge in [0.1, 0.15) is 34.5 Å². The average molecular weight is 460 g/mol. The Balaban J connectivity index is 1.36. The van der Waals surface area contributed by atoms with Crippen LogP contribution >= 0.6 is 0 Å². The number of benzene rings is 6. The van der Waals surface area contributed by atoms with Gasteiger partial charge in [0.2, 0.25) is 0 Å². The summed E-state index contributed by atoms with van der Waals surface area (Å²) in [6.45, 7) is 0.0133. The Morgan fingerprint density at radius 1 is 0.417 bits per heavy atom. The second kappa shape index (κ2) is 6.49. The standard InChI is InChI=1S/C32H17BO3/c1-2-7-19-17-23-20(16-18(19)6-1)8-3-9-21(23)22-14-15-28-31-32(22)36-27-13-5-12-26-30(27)33(31)29-24(34-26)10-4-11-25(29)35-28/h1-17H. The molecule has 36 heavy (non-hydrogen) atoms. The smallest absolute Gasteiger partial charge is 0.270 e. The highest BCUT2D eigenvalue weighted by Crippen LogP contribution is 2.46. The van der Waals surface area contributed by atoms with Gasteiger partial charge in [-0.2, -0.15) is 0 Å². The third-order valence-electron chi connectivity index (χ3n) is 7.76. The number of fused-ring (bicyclic) bond motifs is 2. The summed E-state index contributed by atoms with van der Waals surface area (Å²) in [4.78, 5) is 0. The zero-order chi connectivity index (χ0) is 23.4. The molecule has 0 radical (unpaired) electrons. The van der Waals surface area contributed by atoms with Crippen LogP contribution in [0, 0.1) is 0 Å². The minimum atomic E-state index is 0.0133. The van der Waals surface area contributed by atoms with Crippen molar-refractivity contribution in [3.05, 3.63) is 103 Å². The van der Waals surface area contributed by atoms with Gasteiger partial charge in [0.05, 0.1) is 0 Å². The Hall–Kier alpha value is -4.70. The van der Waals surface area contributed by atoms with E-state index >= 15 is 0 Å². The van der Waals surface area contributed by atoms with Gasteiger partial charge in [0.25, 0.3) is 6.71 Å². The molecule has 3 aliphatic rings. The van der Waals surface area contributed by atoms with Crippen molar-refractivity contribution in [2.75, 3.05) is 0 Å². The molecule has 0 N–H and O–H groups in total. The van der Waals surface area contributed by atoms with Gasteiger partial charge < -0.3 is 14.2 Å². The zero-order valence-electron chi connectivity index (χ0n) is 19.1. The number of hydrogen-bond donors (Lipinski definition) is 0. The van der Waals surface area contributed by atoms with Crippen LogP contribution in [-0.4, -0.2) is 6.71 Å². The lowest BCUT2D eigenvalue weighted by atomic mass is 9.33. The van der Waals surface area contributed by atoms with Crippen LogP contribution in [0.25, 0.3) is 32.7 Å². The van der Waals surface area contributed by atoms with Gasteiger partial charge in [-0.3, -0.25) is 0 Å². The van der Waals surface area contributed by atoms with Gasteiger partial charge in [-0.1, -0.05) is 54.6 Å². The van der Waals surface area contributed by atoms with E-state index < -0.39 is 0 Å². The van der Waals surface area contributed by atoms with Gasteiger partial charge >= 0.3 is 0 Å². The van der Waals surface area contributed by atoms with Crippen LogP contribution in [0.5, 0.6) is 34.5 Å². The molecular formula is C32H17BO3. The first-order chi connectivity index (χ1) is 17.8. The van der Waals surface area contributed by atoms with Crippen LogP contribution in [0.4, 0.5) is 0 Å². The van der Waals surface area contributed by atoms with Crippen molar-refractivity contribution in [2.24, 2.45) is 0 Å². The molecule has 0 amide bonds. The average Bonchev–Trinajstić information content (AvgIpc) is 2.92. The minimum absolute atomic E-state index is 0.0133. The summed E-state index contributed by atoms with van der Waals surface area (Å²) in [7, 11) is 0. The molecule has 0 saturated heterocycles. The third-order valence-corrected chi connectivity index (χ3v) is 7.76. The topological polar surface area (TPSA) is 27.7 Å². The summed E-state index contributed by atoms with van der Waals surface area (Å²) >= 11 is 0. The van der Waals surface area contributed by atoms with Crippen LogP contribution in [0.15, 0.2) is 103 Å². The lowest BCUT2D eigenvalue weighted by molar-refractivity contribution is 0.443. The Morgan fingerprint density at radius 3 is 1.72 bits per heavy atom. The zero-order valence-corrected chi connectivity index (χ0v) is 19.1. The second-order valence-electron chi connectivity index (χ2n) is 9.66. The van der Waals surface area contributed by atoms with Crippen molar-refractivity contribution in [1.82, 2.24) is 0 Å². The molecule has 0 spiro atoms. The Labute approximate surface area is 207 Å². The number of rotatable bonds is 1. The predicted molar refractivity (Wildman–Crippen MR) is 145 cm³/mol. The molecule has 6 aromatic rings. The highest BCUT2D eigenvalue weighted by Gasteiger charge is 2.46. The first-order valence-electron chi connectivity index (χ1n) is 12.2. The van der Waals surface area contributed by atoms with Crippen LogP contribution in [0.1, 0.15) is 0 Å². The van der Waals surface area contributed by atoms with Gasteiger partial charge in [-0.15, -0.1) is 0 Å². The maximum Gasteiger partial charge on any atom is 0.270 e. The van der Waals surface area contributed by atoms with E-state index in [1.165, 1.54) is 21.5 Å². The van der Waals surface area contributed by atoms with Crippen molar-refractivity contribution >= 4 is 44.6 Å². The normalized spacial score (nSPS) is 13.6. The third kappa shape index (κ3) is 2.29. The number of ether oxygens (including phenoxy) is 3. The molecule has 0 saturated carbocycles. The van der Waals surface area contributed by atoms with E-state index in [1.807, 2.05) is 36.4 Å². The highest BCUT2D eigenvalue weighted by molar-refractivity contribution is 6.99. The molecule has 6 aromatic carbocycles. The van der Waals surface area contributed by atoms with Crippen molar-refractivity contribution in [3.63, 3.8) is 0 Å². The van der Waals surface area contributed by atoms with Crippen LogP contribution < -0.4 is 30.6 Å². The van der Waals surface area contributed by atoms with E-state index in [9.17, 15) is 0 Å². The molecule has 0 aromatic heterocycles. The molecule has 9 rings (SSSR count). The first kappa shape index (κ1) is 18.6. The fourth-order valence-corrected chi connectivity index (χ4v) is 6.22. The van der Waals surface area contributed by atoms with Crippen molar-refractivity contribution < 1.29 is 14.2 Å². The largest absolute Gasteiger partial charge is 0.458 e. The van der Waals surface area contributed by atoms with Gasteiger partial charge in [-0.25, -0.2) is 0 Å². The molecule has 3 heterocycles. The highest BCUT2D eigenvalue weighted by atomic mass is 16.5. The molecule has 3 nitrogen and oxygen atoms in total. The first-order valence-corrected chi connectivity index (χ1v) is 12.2. The van der Waals surface area contributed by atoms with Crippen molar-refractivity contribution in [2.45, 2.75) is 0 Å². The second-order valence-corrected chi connectivity index (χ2v) is 9.66. The molecule has 0 unspecified atom stereocenters. The minimum Gasteiger partial charge on any atom is -0.458 e. The fourth-order valence-electron chi connectivity index (χ4n) is 6.22. The molecule has 0 bridgehead atoms. The van der Waals surface area contributed by atoms with E-state index in [4.69, 9.17) is 14.2 Å². The summed E-state index contributed by atoms with van der Waals surface area (Å²) in [6, 6.07) is 35.9. The van der Waals surface area contributed by atoms with E-state index in [-0.39, 0.29) is 6.71 Å². The molecular weight excluding hydrogens is 443 g/mol. The molecule has 0 fully saturated rings. The van der Waals surface area contributed by atoms with Crippen LogP contribution in [-0.2, 0) is 0 Å². The van der Waals surface area contributed by atoms with E-state index in [0.29, 0.717) is 0 Å². The molecule has 4 heteroatoms. The SMILES string of the molecule is c1cc2c3c(c1)Oc1ccc(-c4cccc5cc6ccccc6cc45)c4c1B3c1c(cccc1O4)O2. The summed E-state index contributed by atoms with van der Waals surface area (Å²) in [6.07, 6.45) is 0. The summed E-state index contributed by atoms with van der Waals surface area (Å²) in [5.41, 5.74) is 5.46. The summed E-state index contributed by atoms with van der Waals surface area (Å²) in [5.74, 6) is 5.10. The maximum atomic E-state index is 6.71. The van der Waals surface area contributed by atoms with Gasteiger partial charge in [-0.05, 0) is 75.6 Å². The van der Waals surface area contributed by atoms with Crippen molar-refractivity contribution in [3.8, 4) is 45.6 Å². The Kier molecular flexibility index (Phi) is 3.36. The molecule has 0 atom stereocenters. The molecule has 166 valence electrons. The van der Waals surface area contributed by atoms with Crippen LogP contribution in [0.2, 0.25) is 0 Å². The lowest BCUT2D eigenvalue weighted by Crippen LogP contribution is -2.59. The van der Waals surface area contributed by atoms with E-state index in [2.05, 4.69) is 66.7 Å². The molecule has 3 aliphatic heterocycles. The number of hydrogen-bond acceptors (Lipinski definition) is 3. The monoisotopic (exact) mass is 460 g/mol. The van der Waals surface area contributed by atoms with E-state index in [0.717, 1.165) is 62.0 Å². The summed E-state index contributed by atoms with van der Waals surface area (Å²) in [5, 5.41) is 4.89. The lowest BCUT2D eigenvalue weighted by Gasteiger charge is -2.38. The van der Waals surface area contributed by atoms with E-state index in [1.54, 1.807) is 0 Å². The summed E-state index contributed by atoms with van der Waals surface area (Å²) < 4.78 is 19.4. The Morgan fingerprint density at radius 2 is 1.00 bits per heavy atom. The van der Waals surface area contributed by atoms with Gasteiger partial charge in [0, 0.05) is 22.0 Å². The van der Waals surface area contributed by atoms with Crippen molar-refractivity contribution in [1.29, 1.82) is 0 Å². The predicted octanol–water partition coefficient (Wildman–Crippen LogP) is 6.49. The Bertz CT molecular complexity index is 1910. The quantitative estimate of drug-likeness (QED) is 0.207. The maximum absolute atomic E-state index is 6.71.